The Morgan fingerprint density at radius 1 is 1.10 bits per heavy atom. The number of halogens is 2. The van der Waals surface area contributed by atoms with Crippen molar-refractivity contribution in [3.63, 3.8) is 0 Å². The van der Waals surface area contributed by atoms with Gasteiger partial charge in [0.1, 0.15) is 12.8 Å². The Labute approximate surface area is 236 Å². The van der Waals surface area contributed by atoms with Crippen LogP contribution in [-0.2, 0) is 21.5 Å². The molecule has 1 aliphatic rings. The molecular formula is C26H28Cl2N4O6S. The van der Waals surface area contributed by atoms with Gasteiger partial charge in [0.05, 0.1) is 36.6 Å². The van der Waals surface area contributed by atoms with Crippen LogP contribution in [0.3, 0.4) is 0 Å². The number of hydrogen-bond donors (Lipinski definition) is 4. The maximum absolute atomic E-state index is 13.9. The molecule has 3 unspecified atom stereocenters. The molecule has 0 spiro atoms. The summed E-state index contributed by atoms with van der Waals surface area (Å²) in [5.74, 6) is -1.32. The molecule has 39 heavy (non-hydrogen) atoms. The Balaban J connectivity index is 1.78. The van der Waals surface area contributed by atoms with E-state index in [1.54, 1.807) is 60.8 Å². The smallest absolute Gasteiger partial charge is 0.255 e. The number of benzene rings is 2. The zero-order valence-corrected chi connectivity index (χ0v) is 23.2. The molecule has 10 nitrogen and oxygen atoms in total. The van der Waals surface area contributed by atoms with Gasteiger partial charge in [-0.15, -0.1) is 0 Å². The molecule has 4 rings (SSSR count). The molecule has 0 aliphatic carbocycles. The third kappa shape index (κ3) is 6.94. The Hall–Kier alpha value is -2.61. The Kier molecular flexibility index (Phi) is 9.57. The lowest BCUT2D eigenvalue weighted by Crippen LogP contribution is -2.56. The fourth-order valence-corrected chi connectivity index (χ4v) is 5.68. The first kappa shape index (κ1) is 29.4. The third-order valence-electron chi connectivity index (χ3n) is 6.38. The molecule has 0 bridgehead atoms. The molecule has 4 atom stereocenters. The summed E-state index contributed by atoms with van der Waals surface area (Å²) >= 11 is 12.8. The van der Waals surface area contributed by atoms with Crippen molar-refractivity contribution in [3.05, 3.63) is 99.3 Å². The van der Waals surface area contributed by atoms with Crippen molar-refractivity contribution in [1.82, 2.24) is 20.1 Å². The number of carbonyl (C=O) groups is 1. The van der Waals surface area contributed by atoms with Gasteiger partial charge in [-0.3, -0.25) is 14.6 Å². The average molecular weight is 596 g/mol. The minimum atomic E-state index is -3.64. The predicted octanol–water partition coefficient (Wildman–Crippen LogP) is 2.62. The monoisotopic (exact) mass is 594 g/mol. The maximum Gasteiger partial charge on any atom is 0.255 e. The highest BCUT2D eigenvalue weighted by atomic mass is 35.5. The molecule has 0 radical (unpaired) electrons. The highest BCUT2D eigenvalue weighted by Crippen LogP contribution is 2.47. The van der Waals surface area contributed by atoms with Crippen molar-refractivity contribution in [1.29, 1.82) is 0 Å². The van der Waals surface area contributed by atoms with Crippen LogP contribution in [0, 0.1) is 0 Å². The second kappa shape index (κ2) is 12.7. The van der Waals surface area contributed by atoms with Crippen LogP contribution in [0.25, 0.3) is 0 Å². The number of carbonyl (C=O) groups excluding carboxylic acids is 1. The van der Waals surface area contributed by atoms with Crippen LogP contribution >= 0.6 is 23.2 Å². The van der Waals surface area contributed by atoms with Gasteiger partial charge in [-0.25, -0.2) is 13.1 Å². The van der Waals surface area contributed by atoms with Crippen molar-refractivity contribution in [3.8, 4) is 0 Å². The highest BCUT2D eigenvalue weighted by Gasteiger charge is 2.47. The van der Waals surface area contributed by atoms with E-state index < -0.39 is 46.8 Å². The lowest BCUT2D eigenvalue weighted by Gasteiger charge is -2.47. The molecule has 0 fully saturated rings. The second-order valence-electron chi connectivity index (χ2n) is 9.07. The van der Waals surface area contributed by atoms with Crippen LogP contribution < -0.4 is 10.2 Å². The van der Waals surface area contributed by atoms with Crippen LogP contribution in [-0.4, -0.2) is 66.1 Å². The summed E-state index contributed by atoms with van der Waals surface area (Å²) in [5.41, 5.74) is 4.53. The lowest BCUT2D eigenvalue weighted by molar-refractivity contribution is -0.0901. The number of amides is 1. The second-order valence-corrected chi connectivity index (χ2v) is 11.7. The maximum atomic E-state index is 13.9. The SMILES string of the molecule is CS(=O)(=O)NC[C@@H](CO)N1C(=O)c2ccccc2C(C(O)NOCc2ccccn2)C1c1ccc(Cl)cc1Cl. The average Bonchev–Trinajstić information content (AvgIpc) is 2.90. The summed E-state index contributed by atoms with van der Waals surface area (Å²) in [4.78, 5) is 25.0. The molecule has 2 aromatic carbocycles. The van der Waals surface area contributed by atoms with Crippen LogP contribution in [0.4, 0.5) is 0 Å². The summed E-state index contributed by atoms with van der Waals surface area (Å²) in [6, 6.07) is 14.9. The van der Waals surface area contributed by atoms with Gasteiger partial charge in [-0.1, -0.05) is 53.5 Å². The van der Waals surface area contributed by atoms with Gasteiger partial charge >= 0.3 is 0 Å². The molecular weight excluding hydrogens is 567 g/mol. The first-order chi connectivity index (χ1) is 18.6. The van der Waals surface area contributed by atoms with Crippen molar-refractivity contribution < 1.29 is 28.3 Å². The standard InChI is InChI=1S/C26H28Cl2N4O6S/c1-39(36,37)30-13-18(14-33)32-24(21-10-9-16(27)12-22(21)28)23(19-7-2-3-8-20(19)26(32)35)25(34)31-38-15-17-6-4-5-11-29-17/h2-12,18,23-25,30-31,33-34H,13-15H2,1H3/t18-,23?,24?,25?/m0/s1. The summed E-state index contributed by atoms with van der Waals surface area (Å²) < 4.78 is 26.1. The number of aliphatic hydroxyl groups is 2. The number of nitrogens with one attached hydrogen (secondary N) is 2. The van der Waals surface area contributed by atoms with Crippen LogP contribution in [0.2, 0.25) is 10.0 Å². The zero-order chi connectivity index (χ0) is 28.2. The quantitative estimate of drug-likeness (QED) is 0.196. The van der Waals surface area contributed by atoms with E-state index in [2.05, 4.69) is 15.2 Å². The van der Waals surface area contributed by atoms with E-state index in [1.807, 2.05) is 0 Å². The minimum Gasteiger partial charge on any atom is -0.394 e. The molecule has 1 aliphatic heterocycles. The van der Waals surface area contributed by atoms with Gasteiger partial charge in [0.2, 0.25) is 10.0 Å². The van der Waals surface area contributed by atoms with Crippen LogP contribution in [0.15, 0.2) is 66.9 Å². The number of nitrogens with zero attached hydrogens (tertiary/aromatic N) is 2. The first-order valence-electron chi connectivity index (χ1n) is 12.0. The Bertz CT molecular complexity index is 1410. The molecule has 1 amide bonds. The zero-order valence-electron chi connectivity index (χ0n) is 20.9. The molecule has 208 valence electrons. The molecule has 2 heterocycles. The number of pyridine rings is 1. The third-order valence-corrected chi connectivity index (χ3v) is 7.64. The summed E-state index contributed by atoms with van der Waals surface area (Å²) in [6.45, 7) is -0.777. The Morgan fingerprint density at radius 2 is 1.85 bits per heavy atom. The van der Waals surface area contributed by atoms with Crippen molar-refractivity contribution >= 4 is 39.1 Å². The van der Waals surface area contributed by atoms with Gasteiger partial charge in [-0.05, 0) is 41.5 Å². The number of sulfonamides is 1. The fourth-order valence-electron chi connectivity index (χ4n) is 4.67. The van der Waals surface area contributed by atoms with E-state index in [0.29, 0.717) is 21.8 Å². The van der Waals surface area contributed by atoms with Crippen LogP contribution in [0.5, 0.6) is 0 Å². The molecule has 0 saturated carbocycles. The Morgan fingerprint density at radius 3 is 2.51 bits per heavy atom. The lowest BCUT2D eigenvalue weighted by atomic mass is 9.78. The van der Waals surface area contributed by atoms with Gasteiger partial charge in [-0.2, -0.15) is 5.48 Å². The normalized spacial score (nSPS) is 19.0. The number of hydrogen-bond acceptors (Lipinski definition) is 8. The number of aromatic nitrogens is 1. The van der Waals surface area contributed by atoms with Crippen molar-refractivity contribution in [2.45, 2.75) is 30.8 Å². The van der Waals surface area contributed by atoms with Gasteiger partial charge in [0.25, 0.3) is 5.91 Å². The number of rotatable bonds is 11. The predicted molar refractivity (Wildman–Crippen MR) is 146 cm³/mol. The summed E-state index contributed by atoms with van der Waals surface area (Å²) in [6.07, 6.45) is 1.23. The van der Waals surface area contributed by atoms with E-state index in [0.717, 1.165) is 6.26 Å². The number of aliphatic hydroxyl groups excluding tert-OH is 2. The van der Waals surface area contributed by atoms with Crippen molar-refractivity contribution in [2.24, 2.45) is 0 Å². The molecule has 3 aromatic rings. The van der Waals surface area contributed by atoms with E-state index in [9.17, 15) is 23.4 Å². The van der Waals surface area contributed by atoms with E-state index in [4.69, 9.17) is 28.0 Å². The largest absolute Gasteiger partial charge is 0.394 e. The van der Waals surface area contributed by atoms with E-state index in [1.165, 1.54) is 11.0 Å². The molecule has 13 heteroatoms. The van der Waals surface area contributed by atoms with Gasteiger partial charge < -0.3 is 15.1 Å². The van der Waals surface area contributed by atoms with E-state index in [-0.39, 0.29) is 23.7 Å². The minimum absolute atomic E-state index is 0.0544. The molecule has 1 aromatic heterocycles. The molecule has 4 N–H and O–H groups in total. The summed E-state index contributed by atoms with van der Waals surface area (Å²) in [7, 11) is -3.64. The number of hydroxylamine groups is 1. The van der Waals surface area contributed by atoms with Crippen LogP contribution in [0.1, 0.15) is 39.1 Å². The van der Waals surface area contributed by atoms with Gasteiger partial charge in [0.15, 0.2) is 0 Å². The summed E-state index contributed by atoms with van der Waals surface area (Å²) in [5, 5.41) is 22.4. The first-order valence-corrected chi connectivity index (χ1v) is 14.6. The van der Waals surface area contributed by atoms with Gasteiger partial charge in [0, 0.05) is 28.4 Å². The van der Waals surface area contributed by atoms with Crippen molar-refractivity contribution in [2.75, 3.05) is 19.4 Å². The number of fused-ring (bicyclic) bond motifs is 1. The fraction of sp³-hybridized carbons (Fsp3) is 0.308. The molecule has 0 saturated heterocycles. The van der Waals surface area contributed by atoms with E-state index >= 15 is 0 Å². The topological polar surface area (TPSA) is 141 Å². The highest BCUT2D eigenvalue weighted by molar-refractivity contribution is 7.88.